The first-order valence-electron chi connectivity index (χ1n) is 4.02. The Kier molecular flexibility index (Phi) is 1.69. The molecule has 0 saturated heterocycles. The van der Waals surface area contributed by atoms with Crippen molar-refractivity contribution in [3.8, 4) is 0 Å². The molecule has 1 heterocycles. The fraction of sp³-hybridized carbons (Fsp3) is 0.111. The van der Waals surface area contributed by atoms with Gasteiger partial charge in [-0.1, -0.05) is 19.0 Å². The van der Waals surface area contributed by atoms with E-state index < -0.39 is 0 Å². The number of rotatable bonds is 1. The van der Waals surface area contributed by atoms with Crippen molar-refractivity contribution in [1.82, 2.24) is 4.81 Å². The molecular weight excluding hydrogens is 165 g/mol. The zero-order valence-corrected chi connectivity index (χ0v) is 7.15. The minimum Gasteiger partial charge on any atom is -0.326 e. The molecule has 0 saturated carbocycles. The predicted octanol–water partition coefficient (Wildman–Crippen LogP) is 0.950. The second-order valence-corrected chi connectivity index (χ2v) is 2.78. The van der Waals surface area contributed by atoms with Crippen LogP contribution in [0.2, 0.25) is 6.82 Å². The Balaban J connectivity index is 2.57. The Labute approximate surface area is 76.6 Å². The van der Waals surface area contributed by atoms with E-state index in [1.54, 1.807) is 31.1 Å². The van der Waals surface area contributed by atoms with Crippen LogP contribution in [0.4, 0.5) is 0 Å². The van der Waals surface area contributed by atoms with Crippen LogP contribution in [0.25, 0.3) is 0 Å². The average Bonchev–Trinajstić information content (AvgIpc) is 2.41. The molecule has 0 fully saturated rings. The Morgan fingerprint density at radius 3 is 1.92 bits per heavy atom. The first-order chi connectivity index (χ1) is 6.25. The van der Waals surface area contributed by atoms with E-state index in [0.29, 0.717) is 11.1 Å². The van der Waals surface area contributed by atoms with Gasteiger partial charge in [0.15, 0.2) is 0 Å². The molecule has 2 amide bonds. The minimum absolute atomic E-state index is 0.233. The van der Waals surface area contributed by atoms with Crippen molar-refractivity contribution in [2.45, 2.75) is 6.82 Å². The summed E-state index contributed by atoms with van der Waals surface area (Å²) in [4.78, 5) is 24.2. The molecule has 1 aromatic rings. The van der Waals surface area contributed by atoms with Gasteiger partial charge in [0, 0.05) is 0 Å². The lowest BCUT2D eigenvalue weighted by Crippen LogP contribution is -2.31. The summed E-state index contributed by atoms with van der Waals surface area (Å²) in [5.41, 5.74) is 0.983. The van der Waals surface area contributed by atoms with Crippen LogP contribution in [-0.2, 0) is 0 Å². The van der Waals surface area contributed by atoms with Crippen molar-refractivity contribution >= 4 is 19.2 Å². The Morgan fingerprint density at radius 1 is 1.08 bits per heavy atom. The summed E-state index contributed by atoms with van der Waals surface area (Å²) in [6.45, 7) is 1.67. The molecule has 4 heteroatoms. The summed E-state index contributed by atoms with van der Waals surface area (Å²) in [7, 11) is 1.49. The summed E-state index contributed by atoms with van der Waals surface area (Å²) in [6.07, 6.45) is 0. The molecule has 1 aliphatic rings. The van der Waals surface area contributed by atoms with E-state index in [2.05, 4.69) is 0 Å². The number of hydrogen-bond acceptors (Lipinski definition) is 2. The van der Waals surface area contributed by atoms with Gasteiger partial charge in [-0.15, -0.1) is 0 Å². The molecule has 0 N–H and O–H groups in total. The highest BCUT2D eigenvalue weighted by Gasteiger charge is 2.33. The summed E-state index contributed by atoms with van der Waals surface area (Å²) in [5, 5.41) is 0. The molecule has 1 aliphatic heterocycles. The quantitative estimate of drug-likeness (QED) is 0.467. The molecule has 0 atom stereocenters. The van der Waals surface area contributed by atoms with Gasteiger partial charge in [0.05, 0.1) is 11.1 Å². The van der Waals surface area contributed by atoms with Crippen LogP contribution >= 0.6 is 0 Å². The minimum atomic E-state index is -0.233. The highest BCUT2D eigenvalue weighted by Crippen LogP contribution is 2.20. The maximum absolute atomic E-state index is 11.5. The third kappa shape index (κ3) is 0.984. The van der Waals surface area contributed by atoms with Crippen LogP contribution in [0.15, 0.2) is 24.3 Å². The van der Waals surface area contributed by atoms with Gasteiger partial charge in [0.1, 0.15) is 0 Å². The number of benzene rings is 1. The summed E-state index contributed by atoms with van der Waals surface area (Å²) in [5.74, 6) is -0.466. The molecule has 0 spiro atoms. The molecular formula is C9H7BNO2. The number of carbonyl (C=O) groups is 2. The maximum Gasteiger partial charge on any atom is 0.257 e. The molecule has 13 heavy (non-hydrogen) atoms. The van der Waals surface area contributed by atoms with Gasteiger partial charge in [-0.2, -0.15) is 0 Å². The van der Waals surface area contributed by atoms with Crippen LogP contribution in [0.3, 0.4) is 0 Å². The zero-order valence-electron chi connectivity index (χ0n) is 7.15. The van der Waals surface area contributed by atoms with Crippen LogP contribution in [0.1, 0.15) is 20.7 Å². The Morgan fingerprint density at radius 2 is 1.54 bits per heavy atom. The third-order valence-corrected chi connectivity index (χ3v) is 2.08. The van der Waals surface area contributed by atoms with Crippen molar-refractivity contribution in [2.75, 3.05) is 0 Å². The lowest BCUT2D eigenvalue weighted by atomic mass is 9.96. The summed E-state index contributed by atoms with van der Waals surface area (Å²) < 4.78 is 0. The molecule has 3 nitrogen and oxygen atoms in total. The standard InChI is InChI=1S/C9H7BNO2/c1-10-11-8(12)6-4-2-3-5-7(6)9(11)13/h2-5H,1H3. The van der Waals surface area contributed by atoms with Crippen molar-refractivity contribution in [3.05, 3.63) is 35.4 Å². The monoisotopic (exact) mass is 172 g/mol. The molecule has 63 valence electrons. The second kappa shape index (κ2) is 2.73. The average molecular weight is 172 g/mol. The first kappa shape index (κ1) is 8.04. The number of carbonyl (C=O) groups excluding carboxylic acids is 2. The SMILES string of the molecule is C[B]N1C(=O)c2ccccc2C1=O. The van der Waals surface area contributed by atoms with Crippen LogP contribution in [-0.4, -0.2) is 24.0 Å². The number of nitrogens with zero attached hydrogens (tertiary/aromatic N) is 1. The summed E-state index contributed by atoms with van der Waals surface area (Å²) in [6, 6.07) is 6.84. The lowest BCUT2D eigenvalue weighted by Gasteiger charge is -2.08. The van der Waals surface area contributed by atoms with Crippen LogP contribution < -0.4 is 0 Å². The van der Waals surface area contributed by atoms with Gasteiger partial charge >= 0.3 is 0 Å². The molecule has 0 unspecified atom stereocenters. The maximum atomic E-state index is 11.5. The van der Waals surface area contributed by atoms with Gasteiger partial charge in [0.2, 0.25) is 11.8 Å². The van der Waals surface area contributed by atoms with Crippen LogP contribution in [0.5, 0.6) is 0 Å². The van der Waals surface area contributed by atoms with Crippen molar-refractivity contribution in [2.24, 2.45) is 0 Å². The van der Waals surface area contributed by atoms with E-state index in [1.807, 2.05) is 0 Å². The van der Waals surface area contributed by atoms with E-state index in [0.717, 1.165) is 4.81 Å². The van der Waals surface area contributed by atoms with Gasteiger partial charge in [-0.25, -0.2) is 0 Å². The number of hydrogen-bond donors (Lipinski definition) is 0. The van der Waals surface area contributed by atoms with E-state index in [-0.39, 0.29) is 11.8 Å². The largest absolute Gasteiger partial charge is 0.326 e. The van der Waals surface area contributed by atoms with Gasteiger partial charge in [-0.05, 0) is 12.1 Å². The topological polar surface area (TPSA) is 37.4 Å². The van der Waals surface area contributed by atoms with Gasteiger partial charge < -0.3 is 4.81 Å². The highest BCUT2D eigenvalue weighted by atomic mass is 16.2. The zero-order chi connectivity index (χ0) is 9.42. The van der Waals surface area contributed by atoms with E-state index >= 15 is 0 Å². The van der Waals surface area contributed by atoms with Crippen molar-refractivity contribution in [1.29, 1.82) is 0 Å². The van der Waals surface area contributed by atoms with E-state index in [1.165, 1.54) is 7.41 Å². The number of amides is 2. The lowest BCUT2D eigenvalue weighted by molar-refractivity contribution is 0.0762. The normalized spacial score (nSPS) is 14.7. The van der Waals surface area contributed by atoms with E-state index in [9.17, 15) is 9.59 Å². The Bertz CT molecular complexity index is 354. The number of imide groups is 1. The highest BCUT2D eigenvalue weighted by molar-refractivity contribution is 6.47. The molecule has 0 aromatic heterocycles. The van der Waals surface area contributed by atoms with Crippen molar-refractivity contribution < 1.29 is 9.59 Å². The first-order valence-corrected chi connectivity index (χ1v) is 4.02. The fourth-order valence-electron chi connectivity index (χ4n) is 1.44. The molecule has 1 radical (unpaired) electrons. The van der Waals surface area contributed by atoms with E-state index in [4.69, 9.17) is 0 Å². The fourth-order valence-corrected chi connectivity index (χ4v) is 1.44. The van der Waals surface area contributed by atoms with Crippen LogP contribution in [0, 0.1) is 0 Å². The van der Waals surface area contributed by atoms with Crippen molar-refractivity contribution in [3.63, 3.8) is 0 Å². The predicted molar refractivity (Wildman–Crippen MR) is 48.6 cm³/mol. The number of fused-ring (bicyclic) bond motifs is 1. The molecule has 0 aliphatic carbocycles. The molecule has 1 aromatic carbocycles. The molecule has 0 bridgehead atoms. The smallest absolute Gasteiger partial charge is 0.257 e. The van der Waals surface area contributed by atoms with Gasteiger partial charge in [0.25, 0.3) is 7.41 Å². The summed E-state index contributed by atoms with van der Waals surface area (Å²) >= 11 is 0. The second-order valence-electron chi connectivity index (χ2n) is 2.78. The van der Waals surface area contributed by atoms with Gasteiger partial charge in [-0.3, -0.25) is 9.59 Å². The third-order valence-electron chi connectivity index (χ3n) is 2.08. The Hall–Kier alpha value is -1.58. The molecule has 2 rings (SSSR count).